The zero-order chi connectivity index (χ0) is 18.0. The second-order valence-electron chi connectivity index (χ2n) is 5.53. The number of aromatic hydroxyl groups is 1. The number of thiophene rings is 1. The van der Waals surface area contributed by atoms with Gasteiger partial charge in [-0.05, 0) is 31.5 Å². The van der Waals surface area contributed by atoms with Gasteiger partial charge in [0.25, 0.3) is 5.56 Å². The maximum absolute atomic E-state index is 12.2. The largest absolute Gasteiger partial charge is 0.506 e. The number of benzene rings is 1. The zero-order valence-corrected chi connectivity index (χ0v) is 15.4. The lowest BCUT2D eigenvalue weighted by atomic mass is 10.2. The summed E-state index contributed by atoms with van der Waals surface area (Å²) in [5.74, 6) is 0.978. The van der Waals surface area contributed by atoms with Gasteiger partial charge < -0.3 is 15.4 Å². The van der Waals surface area contributed by atoms with Gasteiger partial charge in [-0.15, -0.1) is 23.1 Å². The Morgan fingerprint density at radius 1 is 1.36 bits per heavy atom. The van der Waals surface area contributed by atoms with E-state index >= 15 is 0 Å². The number of carbonyl (C=O) groups excluding carboxylic acids is 1. The Hall–Kier alpha value is -2.32. The van der Waals surface area contributed by atoms with Crippen molar-refractivity contribution < 1.29 is 9.90 Å². The molecule has 0 saturated carbocycles. The molecule has 0 aliphatic heterocycles. The van der Waals surface area contributed by atoms with Crippen LogP contribution in [0.25, 0.3) is 10.2 Å². The Bertz CT molecular complexity index is 994. The summed E-state index contributed by atoms with van der Waals surface area (Å²) >= 11 is 2.85. The molecule has 0 radical (unpaired) electrons. The van der Waals surface area contributed by atoms with Crippen molar-refractivity contribution in [1.82, 2.24) is 9.97 Å². The number of aromatic nitrogens is 2. The number of hydrogen-bond acceptors (Lipinski definition) is 6. The third kappa shape index (κ3) is 3.85. The third-order valence-corrected chi connectivity index (χ3v) is 5.78. The SMILES string of the molecule is Cc1sc2nc(CSCC(=O)Nc3ccccc3O)[nH]c(=O)c2c1C. The highest BCUT2D eigenvalue weighted by Gasteiger charge is 2.12. The molecule has 3 aromatic rings. The number of thioether (sulfide) groups is 1. The molecule has 0 bridgehead atoms. The first-order valence-electron chi connectivity index (χ1n) is 7.60. The van der Waals surface area contributed by atoms with Crippen LogP contribution in [0, 0.1) is 13.8 Å². The van der Waals surface area contributed by atoms with Gasteiger partial charge in [0.15, 0.2) is 0 Å². The van der Waals surface area contributed by atoms with E-state index in [0.717, 1.165) is 15.3 Å². The van der Waals surface area contributed by atoms with E-state index in [0.29, 0.717) is 22.7 Å². The predicted molar refractivity (Wildman–Crippen MR) is 103 cm³/mol. The van der Waals surface area contributed by atoms with Crippen LogP contribution in [-0.4, -0.2) is 26.7 Å². The topological polar surface area (TPSA) is 95.1 Å². The van der Waals surface area contributed by atoms with Crippen LogP contribution < -0.4 is 10.9 Å². The Labute approximate surface area is 152 Å². The number of rotatable bonds is 5. The fourth-order valence-electron chi connectivity index (χ4n) is 2.37. The molecule has 0 fully saturated rings. The number of phenolic OH excluding ortho intramolecular Hbond substituents is 1. The summed E-state index contributed by atoms with van der Waals surface area (Å²) in [6.45, 7) is 3.89. The Balaban J connectivity index is 1.62. The van der Waals surface area contributed by atoms with Gasteiger partial charge in [-0.2, -0.15) is 0 Å². The smallest absolute Gasteiger partial charge is 0.259 e. The molecule has 0 aliphatic carbocycles. The molecular formula is C17H17N3O3S2. The summed E-state index contributed by atoms with van der Waals surface area (Å²) in [5, 5.41) is 12.9. The van der Waals surface area contributed by atoms with Gasteiger partial charge in [-0.25, -0.2) is 4.98 Å². The lowest BCUT2D eigenvalue weighted by Crippen LogP contribution is -2.15. The number of phenols is 1. The summed E-state index contributed by atoms with van der Waals surface area (Å²) in [5.41, 5.74) is 1.21. The average Bonchev–Trinajstić information content (AvgIpc) is 2.84. The van der Waals surface area contributed by atoms with E-state index in [-0.39, 0.29) is 23.0 Å². The van der Waals surface area contributed by atoms with Crippen LogP contribution in [0.5, 0.6) is 5.75 Å². The van der Waals surface area contributed by atoms with Crippen LogP contribution in [0.3, 0.4) is 0 Å². The third-order valence-electron chi connectivity index (χ3n) is 3.74. The highest BCUT2D eigenvalue weighted by molar-refractivity contribution is 7.99. The molecule has 130 valence electrons. The first-order valence-corrected chi connectivity index (χ1v) is 9.57. The number of fused-ring (bicyclic) bond motifs is 1. The van der Waals surface area contributed by atoms with E-state index in [9.17, 15) is 14.7 Å². The lowest BCUT2D eigenvalue weighted by molar-refractivity contribution is -0.113. The molecule has 6 nitrogen and oxygen atoms in total. The molecule has 25 heavy (non-hydrogen) atoms. The number of aromatic amines is 1. The van der Waals surface area contributed by atoms with E-state index in [2.05, 4.69) is 15.3 Å². The van der Waals surface area contributed by atoms with Crippen LogP contribution in [0.4, 0.5) is 5.69 Å². The van der Waals surface area contributed by atoms with Crippen LogP contribution in [0.1, 0.15) is 16.3 Å². The van der Waals surface area contributed by atoms with Crippen molar-refractivity contribution in [3.05, 3.63) is 50.9 Å². The second-order valence-corrected chi connectivity index (χ2v) is 7.72. The van der Waals surface area contributed by atoms with E-state index < -0.39 is 0 Å². The van der Waals surface area contributed by atoms with E-state index in [4.69, 9.17) is 0 Å². The minimum absolute atomic E-state index is 0.0285. The highest BCUT2D eigenvalue weighted by Crippen LogP contribution is 2.26. The number of nitrogens with one attached hydrogen (secondary N) is 2. The Morgan fingerprint density at radius 2 is 2.12 bits per heavy atom. The number of amides is 1. The van der Waals surface area contributed by atoms with Crippen LogP contribution >= 0.6 is 23.1 Å². The van der Waals surface area contributed by atoms with Crippen molar-refractivity contribution in [2.24, 2.45) is 0 Å². The molecule has 0 spiro atoms. The molecule has 3 rings (SSSR count). The van der Waals surface area contributed by atoms with Gasteiger partial charge in [0, 0.05) is 4.88 Å². The summed E-state index contributed by atoms with van der Waals surface area (Å²) < 4.78 is 0. The van der Waals surface area contributed by atoms with Gasteiger partial charge in [0.2, 0.25) is 5.91 Å². The molecule has 0 atom stereocenters. The number of carbonyl (C=O) groups is 1. The van der Waals surface area contributed by atoms with E-state index in [1.165, 1.54) is 29.2 Å². The first-order chi connectivity index (χ1) is 12.0. The van der Waals surface area contributed by atoms with Gasteiger partial charge in [-0.3, -0.25) is 9.59 Å². The number of aryl methyl sites for hydroxylation is 2. The lowest BCUT2D eigenvalue weighted by Gasteiger charge is -2.06. The number of para-hydroxylation sites is 2. The molecule has 2 heterocycles. The van der Waals surface area contributed by atoms with Crippen molar-refractivity contribution >= 4 is 44.9 Å². The maximum Gasteiger partial charge on any atom is 0.259 e. The summed E-state index contributed by atoms with van der Waals surface area (Å²) in [6, 6.07) is 6.56. The molecule has 0 saturated heterocycles. The normalized spacial score (nSPS) is 11.0. The number of hydrogen-bond donors (Lipinski definition) is 3. The number of anilines is 1. The molecule has 0 aliphatic rings. The second kappa shape index (κ2) is 7.28. The van der Waals surface area contributed by atoms with Crippen molar-refractivity contribution in [3.8, 4) is 5.75 Å². The van der Waals surface area contributed by atoms with E-state index in [1.54, 1.807) is 18.2 Å². The fraction of sp³-hybridized carbons (Fsp3) is 0.235. The van der Waals surface area contributed by atoms with Gasteiger partial charge in [-0.1, -0.05) is 12.1 Å². The summed E-state index contributed by atoms with van der Waals surface area (Å²) in [6.07, 6.45) is 0. The maximum atomic E-state index is 12.2. The Morgan fingerprint density at radius 3 is 2.88 bits per heavy atom. The minimum atomic E-state index is -0.224. The summed E-state index contributed by atoms with van der Waals surface area (Å²) in [7, 11) is 0. The molecule has 2 aromatic heterocycles. The predicted octanol–water partition coefficient (Wildman–Crippen LogP) is 3.18. The summed E-state index contributed by atoms with van der Waals surface area (Å²) in [4.78, 5) is 33.2. The standard InChI is InChI=1S/C17H17N3O3S2/c1-9-10(2)25-17-15(9)16(23)19-13(20-17)7-24-8-14(22)18-11-5-3-4-6-12(11)21/h3-6,21H,7-8H2,1-2H3,(H,18,22)(H,19,20,23). The van der Waals surface area contributed by atoms with Crippen LogP contribution in [0.15, 0.2) is 29.1 Å². The van der Waals surface area contributed by atoms with Crippen molar-refractivity contribution in [3.63, 3.8) is 0 Å². The van der Waals surface area contributed by atoms with Crippen LogP contribution in [0.2, 0.25) is 0 Å². The molecule has 1 aromatic carbocycles. The monoisotopic (exact) mass is 375 g/mol. The van der Waals surface area contributed by atoms with Gasteiger partial charge in [0.1, 0.15) is 16.4 Å². The van der Waals surface area contributed by atoms with E-state index in [1.807, 2.05) is 13.8 Å². The van der Waals surface area contributed by atoms with Crippen LogP contribution in [-0.2, 0) is 10.5 Å². The van der Waals surface area contributed by atoms with Gasteiger partial charge >= 0.3 is 0 Å². The molecular weight excluding hydrogens is 358 g/mol. The highest BCUT2D eigenvalue weighted by atomic mass is 32.2. The minimum Gasteiger partial charge on any atom is -0.506 e. The fourth-order valence-corrected chi connectivity index (χ4v) is 4.11. The molecule has 0 unspecified atom stereocenters. The van der Waals surface area contributed by atoms with Crippen molar-refractivity contribution in [1.29, 1.82) is 0 Å². The number of H-pyrrole nitrogens is 1. The number of nitrogens with zero attached hydrogens (tertiary/aromatic N) is 1. The quantitative estimate of drug-likeness (QED) is 0.595. The van der Waals surface area contributed by atoms with Gasteiger partial charge in [0.05, 0.1) is 22.6 Å². The zero-order valence-electron chi connectivity index (χ0n) is 13.8. The van der Waals surface area contributed by atoms with Crippen molar-refractivity contribution in [2.75, 3.05) is 11.1 Å². The Kier molecular flexibility index (Phi) is 5.10. The van der Waals surface area contributed by atoms with Crippen molar-refractivity contribution in [2.45, 2.75) is 19.6 Å². The first kappa shape index (κ1) is 17.5. The molecule has 1 amide bonds. The average molecular weight is 375 g/mol. The molecule has 8 heteroatoms. The molecule has 3 N–H and O–H groups in total.